The van der Waals surface area contributed by atoms with E-state index in [1.807, 2.05) is 35.0 Å². The second kappa shape index (κ2) is 9.95. The number of ketones is 1. The summed E-state index contributed by atoms with van der Waals surface area (Å²) in [5.74, 6) is 0.887. The lowest BCUT2D eigenvalue weighted by Crippen LogP contribution is -2.48. The summed E-state index contributed by atoms with van der Waals surface area (Å²) in [5.41, 5.74) is 1.82. The molecule has 0 amide bonds. The lowest BCUT2D eigenvalue weighted by Gasteiger charge is -2.39. The molecule has 2 saturated heterocycles. The van der Waals surface area contributed by atoms with Gasteiger partial charge in [-0.15, -0.1) is 0 Å². The van der Waals surface area contributed by atoms with Crippen LogP contribution in [-0.4, -0.2) is 71.6 Å². The van der Waals surface area contributed by atoms with Crippen LogP contribution in [0.15, 0.2) is 30.5 Å². The summed E-state index contributed by atoms with van der Waals surface area (Å²) < 4.78 is 7.90. The van der Waals surface area contributed by atoms with Gasteiger partial charge in [0.2, 0.25) is 0 Å². The molecule has 2 fully saturated rings. The summed E-state index contributed by atoms with van der Waals surface area (Å²) in [6.07, 6.45) is 5.32. The maximum absolute atomic E-state index is 13.1. The molecule has 3 heterocycles. The number of nitriles is 1. The fourth-order valence-electron chi connectivity index (χ4n) is 5.24. The van der Waals surface area contributed by atoms with E-state index >= 15 is 0 Å². The number of benzene rings is 1. The van der Waals surface area contributed by atoms with Gasteiger partial charge in [0, 0.05) is 48.8 Å². The zero-order valence-corrected chi connectivity index (χ0v) is 18.8. The fraction of sp³-hybridized carbons (Fsp3) is 0.600. The summed E-state index contributed by atoms with van der Waals surface area (Å²) >= 11 is 0. The normalized spacial score (nSPS) is 23.8. The van der Waals surface area contributed by atoms with Gasteiger partial charge in [-0.2, -0.15) is 5.26 Å². The SMILES string of the molecule is CC1CN(CC2CCN(CC(=O)c3cn(CCC#N)c4ccccc34)CC2)CC(C)O1. The first kappa shape index (κ1) is 22.0. The number of nitrogens with zero attached hydrogens (tertiary/aromatic N) is 4. The van der Waals surface area contributed by atoms with Gasteiger partial charge in [0.05, 0.1) is 31.2 Å². The van der Waals surface area contributed by atoms with Crippen LogP contribution in [0.5, 0.6) is 0 Å². The summed E-state index contributed by atoms with van der Waals surface area (Å²) in [7, 11) is 0. The third-order valence-corrected chi connectivity index (χ3v) is 6.64. The lowest BCUT2D eigenvalue weighted by molar-refractivity contribution is -0.0731. The molecule has 4 rings (SSSR count). The van der Waals surface area contributed by atoms with E-state index in [1.165, 1.54) is 0 Å². The second-order valence-corrected chi connectivity index (χ2v) is 9.28. The molecule has 2 aliphatic rings. The minimum absolute atomic E-state index is 0.182. The summed E-state index contributed by atoms with van der Waals surface area (Å²) in [5, 5.41) is 9.93. The summed E-state index contributed by atoms with van der Waals surface area (Å²) in [6.45, 7) is 10.6. The fourth-order valence-corrected chi connectivity index (χ4v) is 5.24. The molecule has 2 aromatic rings. The molecule has 2 unspecified atom stereocenters. The van der Waals surface area contributed by atoms with E-state index in [-0.39, 0.29) is 5.78 Å². The highest BCUT2D eigenvalue weighted by Gasteiger charge is 2.27. The van der Waals surface area contributed by atoms with Gasteiger partial charge in [-0.3, -0.25) is 14.6 Å². The molecule has 2 atom stereocenters. The van der Waals surface area contributed by atoms with Crippen molar-refractivity contribution in [1.82, 2.24) is 14.4 Å². The number of rotatable bonds is 7. The Balaban J connectivity index is 1.33. The molecule has 2 aliphatic heterocycles. The summed E-state index contributed by atoms with van der Waals surface area (Å²) in [4.78, 5) is 18.0. The van der Waals surface area contributed by atoms with E-state index < -0.39 is 0 Å². The second-order valence-electron chi connectivity index (χ2n) is 9.28. The number of likely N-dealkylation sites (tertiary alicyclic amines) is 1. The van der Waals surface area contributed by atoms with Crippen LogP contribution in [0.3, 0.4) is 0 Å². The molecule has 0 aliphatic carbocycles. The van der Waals surface area contributed by atoms with E-state index in [1.54, 1.807) is 0 Å². The molecular weight excluding hydrogens is 388 g/mol. The van der Waals surface area contributed by atoms with E-state index in [0.29, 0.717) is 37.6 Å². The van der Waals surface area contributed by atoms with Crippen molar-refractivity contribution in [2.45, 2.75) is 51.9 Å². The predicted octanol–water partition coefficient (Wildman–Crippen LogP) is 3.56. The van der Waals surface area contributed by atoms with Gasteiger partial charge >= 0.3 is 0 Å². The Kier molecular flexibility index (Phi) is 7.06. The number of Topliss-reactive ketones (excluding diaryl/α,β-unsaturated/α-hetero) is 1. The zero-order chi connectivity index (χ0) is 21.8. The zero-order valence-electron chi connectivity index (χ0n) is 18.8. The predicted molar refractivity (Wildman–Crippen MR) is 122 cm³/mol. The first-order chi connectivity index (χ1) is 15.0. The van der Waals surface area contributed by atoms with Crippen LogP contribution < -0.4 is 0 Å². The molecule has 0 bridgehead atoms. The standard InChI is InChI=1S/C25H34N4O2/c1-19-14-28(15-20(2)31-19)16-21-8-12-27(13-9-21)18-25(30)23-17-29(11-5-10-26)24-7-4-3-6-22(23)24/h3-4,6-7,17,19-21H,5,8-9,11-16,18H2,1-2H3. The van der Waals surface area contributed by atoms with E-state index in [9.17, 15) is 4.79 Å². The Labute approximate surface area is 185 Å². The van der Waals surface area contributed by atoms with Crippen molar-refractivity contribution in [3.8, 4) is 6.07 Å². The van der Waals surface area contributed by atoms with E-state index in [4.69, 9.17) is 10.00 Å². The van der Waals surface area contributed by atoms with Crippen LogP contribution in [0.1, 0.15) is 43.5 Å². The van der Waals surface area contributed by atoms with E-state index in [0.717, 1.165) is 62.0 Å². The number of carbonyl (C=O) groups excluding carboxylic acids is 1. The van der Waals surface area contributed by atoms with Crippen LogP contribution >= 0.6 is 0 Å². The smallest absolute Gasteiger partial charge is 0.178 e. The molecule has 1 aromatic heterocycles. The highest BCUT2D eigenvalue weighted by Crippen LogP contribution is 2.24. The Hall–Kier alpha value is -2.20. The molecule has 166 valence electrons. The van der Waals surface area contributed by atoms with Crippen LogP contribution in [0.25, 0.3) is 10.9 Å². The number of fused-ring (bicyclic) bond motifs is 1. The molecule has 31 heavy (non-hydrogen) atoms. The molecular formula is C25H34N4O2. The van der Waals surface area contributed by atoms with Crippen molar-refractivity contribution in [3.63, 3.8) is 0 Å². The largest absolute Gasteiger partial charge is 0.373 e. The quantitative estimate of drug-likeness (QED) is 0.639. The van der Waals surface area contributed by atoms with Crippen LogP contribution in [0, 0.1) is 17.2 Å². The van der Waals surface area contributed by atoms with Crippen molar-refractivity contribution in [2.24, 2.45) is 5.92 Å². The van der Waals surface area contributed by atoms with Crippen molar-refractivity contribution >= 4 is 16.7 Å². The third-order valence-electron chi connectivity index (χ3n) is 6.64. The van der Waals surface area contributed by atoms with Crippen LogP contribution in [0.4, 0.5) is 0 Å². The van der Waals surface area contributed by atoms with Gasteiger partial charge in [-0.05, 0) is 51.8 Å². The Bertz CT molecular complexity index is 929. The minimum atomic E-state index is 0.182. The number of hydrogen-bond acceptors (Lipinski definition) is 5. The molecule has 0 N–H and O–H groups in total. The van der Waals surface area contributed by atoms with Gasteiger partial charge in [-0.25, -0.2) is 0 Å². The molecule has 6 heteroatoms. The Morgan fingerprint density at radius 2 is 1.84 bits per heavy atom. The molecule has 0 radical (unpaired) electrons. The van der Waals surface area contributed by atoms with Gasteiger partial charge < -0.3 is 9.30 Å². The van der Waals surface area contributed by atoms with Crippen molar-refractivity contribution in [1.29, 1.82) is 5.26 Å². The number of ether oxygens (including phenoxy) is 1. The van der Waals surface area contributed by atoms with Crippen molar-refractivity contribution in [3.05, 3.63) is 36.0 Å². The van der Waals surface area contributed by atoms with Gasteiger partial charge in [0.25, 0.3) is 0 Å². The van der Waals surface area contributed by atoms with Crippen molar-refractivity contribution in [2.75, 3.05) is 39.3 Å². The topological polar surface area (TPSA) is 61.5 Å². The number of hydrogen-bond donors (Lipinski definition) is 0. The number of carbonyl (C=O) groups is 1. The Morgan fingerprint density at radius 1 is 1.13 bits per heavy atom. The Morgan fingerprint density at radius 3 is 2.55 bits per heavy atom. The minimum Gasteiger partial charge on any atom is -0.373 e. The average molecular weight is 423 g/mol. The number of aryl methyl sites for hydroxylation is 1. The van der Waals surface area contributed by atoms with Crippen LogP contribution in [-0.2, 0) is 11.3 Å². The maximum atomic E-state index is 13.1. The first-order valence-electron chi connectivity index (χ1n) is 11.6. The highest BCUT2D eigenvalue weighted by molar-refractivity contribution is 6.09. The van der Waals surface area contributed by atoms with Gasteiger partial charge in [0.1, 0.15) is 0 Å². The lowest BCUT2D eigenvalue weighted by atomic mass is 9.95. The molecule has 0 spiro atoms. The van der Waals surface area contributed by atoms with Crippen LogP contribution in [0.2, 0.25) is 0 Å². The molecule has 6 nitrogen and oxygen atoms in total. The van der Waals surface area contributed by atoms with Crippen molar-refractivity contribution < 1.29 is 9.53 Å². The van der Waals surface area contributed by atoms with E-state index in [2.05, 4.69) is 29.7 Å². The third kappa shape index (κ3) is 5.35. The average Bonchev–Trinajstić information content (AvgIpc) is 3.12. The highest BCUT2D eigenvalue weighted by atomic mass is 16.5. The number of aromatic nitrogens is 1. The number of morpholine rings is 1. The number of piperidine rings is 1. The number of para-hydroxylation sites is 1. The first-order valence-corrected chi connectivity index (χ1v) is 11.6. The van der Waals surface area contributed by atoms with Gasteiger partial charge in [-0.1, -0.05) is 18.2 Å². The summed E-state index contributed by atoms with van der Waals surface area (Å²) in [6, 6.07) is 10.2. The molecule has 0 saturated carbocycles. The monoisotopic (exact) mass is 422 g/mol. The maximum Gasteiger partial charge on any atom is 0.178 e. The van der Waals surface area contributed by atoms with Gasteiger partial charge in [0.15, 0.2) is 5.78 Å². The molecule has 1 aromatic carbocycles.